The van der Waals surface area contributed by atoms with E-state index in [1.807, 2.05) is 43.3 Å². The number of hydrogen-bond acceptors (Lipinski definition) is 4. The lowest BCUT2D eigenvalue weighted by Gasteiger charge is -2.29. The van der Waals surface area contributed by atoms with Crippen LogP contribution in [0.15, 0.2) is 53.0 Å². The van der Waals surface area contributed by atoms with Gasteiger partial charge in [-0.25, -0.2) is 8.42 Å². The summed E-state index contributed by atoms with van der Waals surface area (Å²) in [4.78, 5) is 26.9. The molecule has 0 saturated heterocycles. The highest BCUT2D eigenvalue weighted by Gasteiger charge is 2.26. The molecule has 0 aliphatic carbocycles. The summed E-state index contributed by atoms with van der Waals surface area (Å²) in [6.45, 7) is 4.19. The van der Waals surface area contributed by atoms with Crippen LogP contribution in [-0.2, 0) is 32.6 Å². The first-order valence-electron chi connectivity index (χ1n) is 10.9. The van der Waals surface area contributed by atoms with Crippen molar-refractivity contribution in [3.05, 3.63) is 64.1 Å². The van der Waals surface area contributed by atoms with E-state index in [-0.39, 0.29) is 31.3 Å². The molecule has 0 aliphatic rings. The second-order valence-corrected chi connectivity index (χ2v) is 10.7. The topological polar surface area (TPSA) is 86.8 Å². The monoisotopic (exact) mass is 537 g/mol. The van der Waals surface area contributed by atoms with Gasteiger partial charge in [0.2, 0.25) is 21.8 Å². The summed E-state index contributed by atoms with van der Waals surface area (Å²) in [6.07, 6.45) is 2.48. The van der Waals surface area contributed by atoms with Gasteiger partial charge in [0.25, 0.3) is 0 Å². The number of rotatable bonds is 11. The molecule has 2 amide bonds. The molecule has 0 aliphatic heterocycles. The lowest BCUT2D eigenvalue weighted by Crippen LogP contribution is -2.46. The Hall–Kier alpha value is -2.39. The number of benzene rings is 2. The maximum atomic E-state index is 13.1. The van der Waals surface area contributed by atoms with Crippen molar-refractivity contribution < 1.29 is 18.0 Å². The fraction of sp³-hybridized carbons (Fsp3) is 0.417. The van der Waals surface area contributed by atoms with E-state index in [2.05, 4.69) is 21.2 Å². The Bertz CT molecular complexity index is 1040. The van der Waals surface area contributed by atoms with Crippen molar-refractivity contribution in [3.63, 3.8) is 0 Å². The fourth-order valence-electron chi connectivity index (χ4n) is 3.48. The maximum absolute atomic E-state index is 13.1. The van der Waals surface area contributed by atoms with Crippen LogP contribution in [0.2, 0.25) is 0 Å². The van der Waals surface area contributed by atoms with E-state index in [1.54, 1.807) is 19.1 Å². The Morgan fingerprint density at radius 3 is 2.12 bits per heavy atom. The van der Waals surface area contributed by atoms with Gasteiger partial charge in [0, 0.05) is 31.0 Å². The van der Waals surface area contributed by atoms with Crippen LogP contribution in [0.5, 0.6) is 0 Å². The van der Waals surface area contributed by atoms with E-state index in [4.69, 9.17) is 0 Å². The molecule has 0 spiro atoms. The van der Waals surface area contributed by atoms with Crippen LogP contribution in [0.4, 0.5) is 5.69 Å². The molecular weight excluding hydrogens is 506 g/mol. The number of carbonyl (C=O) groups is 2. The molecule has 0 fully saturated rings. The van der Waals surface area contributed by atoms with Gasteiger partial charge in [-0.2, -0.15) is 0 Å². The fourth-order valence-corrected chi connectivity index (χ4v) is 4.71. The molecule has 2 aromatic rings. The number of nitrogens with one attached hydrogen (secondary N) is 1. The molecule has 7 nitrogen and oxygen atoms in total. The molecule has 0 heterocycles. The summed E-state index contributed by atoms with van der Waals surface area (Å²) in [5, 5.41) is 2.59. The number of likely N-dealkylation sites (N-methyl/N-ethyl adjacent to an activating group) is 1. The zero-order valence-corrected chi connectivity index (χ0v) is 21.9. The van der Waals surface area contributed by atoms with E-state index in [1.165, 1.54) is 16.3 Å². The molecule has 0 unspecified atom stereocenters. The molecule has 2 rings (SSSR count). The average Bonchev–Trinajstić information content (AvgIpc) is 2.79. The van der Waals surface area contributed by atoms with Gasteiger partial charge >= 0.3 is 0 Å². The quantitative estimate of drug-likeness (QED) is 0.473. The zero-order valence-electron chi connectivity index (χ0n) is 19.5. The number of carbonyl (C=O) groups excluding carboxylic acids is 2. The summed E-state index contributed by atoms with van der Waals surface area (Å²) in [6, 6.07) is 14.3. The molecule has 9 heteroatoms. The summed E-state index contributed by atoms with van der Waals surface area (Å²) < 4.78 is 27.0. The minimum Gasteiger partial charge on any atom is -0.357 e. The Morgan fingerprint density at radius 1 is 1.03 bits per heavy atom. The van der Waals surface area contributed by atoms with Crippen LogP contribution in [0.1, 0.15) is 37.8 Å². The molecule has 1 N–H and O–H groups in total. The zero-order chi connectivity index (χ0) is 24.6. The van der Waals surface area contributed by atoms with Crippen molar-refractivity contribution in [2.45, 2.75) is 45.7 Å². The third kappa shape index (κ3) is 7.85. The molecule has 0 radical (unpaired) electrons. The Labute approximate surface area is 205 Å². The summed E-state index contributed by atoms with van der Waals surface area (Å²) in [7, 11) is -1.97. The number of halogens is 1. The minimum atomic E-state index is -3.50. The van der Waals surface area contributed by atoms with Crippen LogP contribution in [0, 0.1) is 0 Å². The van der Waals surface area contributed by atoms with Gasteiger partial charge in [-0.3, -0.25) is 13.9 Å². The third-order valence-corrected chi connectivity index (χ3v) is 7.19. The normalized spacial score (nSPS) is 12.2. The van der Waals surface area contributed by atoms with Crippen LogP contribution >= 0.6 is 15.9 Å². The highest BCUT2D eigenvalue weighted by atomic mass is 79.9. The van der Waals surface area contributed by atoms with Crippen molar-refractivity contribution in [1.29, 1.82) is 0 Å². The number of hydrogen-bond donors (Lipinski definition) is 1. The first kappa shape index (κ1) is 26.9. The molecule has 0 saturated carbocycles. The maximum Gasteiger partial charge on any atom is 0.242 e. The molecule has 2 aromatic carbocycles. The highest BCUT2D eigenvalue weighted by molar-refractivity contribution is 9.10. The van der Waals surface area contributed by atoms with Gasteiger partial charge < -0.3 is 10.2 Å². The molecule has 0 bridgehead atoms. The summed E-state index contributed by atoms with van der Waals surface area (Å²) in [5.74, 6) is -0.460. The van der Waals surface area contributed by atoms with Crippen LogP contribution in [0.3, 0.4) is 0 Å². The molecule has 180 valence electrons. The second-order valence-electron chi connectivity index (χ2n) is 7.90. The first-order valence-corrected chi connectivity index (χ1v) is 13.5. The van der Waals surface area contributed by atoms with Crippen molar-refractivity contribution in [2.75, 3.05) is 24.2 Å². The van der Waals surface area contributed by atoms with Gasteiger partial charge in [-0.15, -0.1) is 0 Å². The number of nitrogens with zero attached hydrogens (tertiary/aromatic N) is 2. The standard InChI is InChI=1S/C24H32BrN3O4S/c1-5-19-10-14-22(15-11-19)28(33(4,31)32)16-6-7-23(29)27(18(2)24(30)26-3)17-20-8-12-21(25)13-9-20/h8-15,18H,5-7,16-17H2,1-4H3,(H,26,30)/t18-/m0/s1. The van der Waals surface area contributed by atoms with E-state index >= 15 is 0 Å². The lowest BCUT2D eigenvalue weighted by molar-refractivity contribution is -0.140. The number of amides is 2. The SMILES string of the molecule is CCc1ccc(N(CCCC(=O)N(Cc2ccc(Br)cc2)[C@@H](C)C(=O)NC)S(C)(=O)=O)cc1. The highest BCUT2D eigenvalue weighted by Crippen LogP contribution is 2.20. The van der Waals surface area contributed by atoms with E-state index in [0.29, 0.717) is 12.1 Å². The molecule has 33 heavy (non-hydrogen) atoms. The Morgan fingerprint density at radius 2 is 1.61 bits per heavy atom. The summed E-state index contributed by atoms with van der Waals surface area (Å²) in [5.41, 5.74) is 2.60. The molecule has 1 atom stereocenters. The van der Waals surface area contributed by atoms with E-state index in [9.17, 15) is 18.0 Å². The van der Waals surface area contributed by atoms with Gasteiger partial charge in [0.15, 0.2) is 0 Å². The Kier molecular flexibility index (Phi) is 9.91. The predicted molar refractivity (Wildman–Crippen MR) is 135 cm³/mol. The number of sulfonamides is 1. The largest absolute Gasteiger partial charge is 0.357 e. The molecular formula is C24H32BrN3O4S. The van der Waals surface area contributed by atoms with Crippen LogP contribution < -0.4 is 9.62 Å². The number of aryl methyl sites for hydroxylation is 1. The molecule has 0 aromatic heterocycles. The van der Waals surface area contributed by atoms with Crippen molar-refractivity contribution >= 4 is 43.5 Å². The van der Waals surface area contributed by atoms with Crippen LogP contribution in [-0.4, -0.2) is 51.0 Å². The Balaban J connectivity index is 2.12. The smallest absolute Gasteiger partial charge is 0.242 e. The van der Waals surface area contributed by atoms with Crippen molar-refractivity contribution in [2.24, 2.45) is 0 Å². The number of anilines is 1. The van der Waals surface area contributed by atoms with Crippen molar-refractivity contribution in [3.8, 4) is 0 Å². The van der Waals surface area contributed by atoms with Gasteiger partial charge in [-0.05, 0) is 55.2 Å². The first-order chi connectivity index (χ1) is 15.6. The average molecular weight is 539 g/mol. The van der Waals surface area contributed by atoms with Crippen LogP contribution in [0.25, 0.3) is 0 Å². The van der Waals surface area contributed by atoms with Gasteiger partial charge in [0.1, 0.15) is 6.04 Å². The third-order valence-electron chi connectivity index (χ3n) is 5.46. The lowest BCUT2D eigenvalue weighted by atomic mass is 10.1. The summed E-state index contributed by atoms with van der Waals surface area (Å²) >= 11 is 3.40. The van der Waals surface area contributed by atoms with E-state index < -0.39 is 16.1 Å². The second kappa shape index (κ2) is 12.2. The minimum absolute atomic E-state index is 0.122. The van der Waals surface area contributed by atoms with E-state index in [0.717, 1.165) is 28.3 Å². The van der Waals surface area contributed by atoms with Gasteiger partial charge in [-0.1, -0.05) is 47.1 Å². The predicted octanol–water partition coefficient (Wildman–Crippen LogP) is 3.72. The van der Waals surface area contributed by atoms with Crippen molar-refractivity contribution in [1.82, 2.24) is 10.2 Å². The van der Waals surface area contributed by atoms with Gasteiger partial charge in [0.05, 0.1) is 11.9 Å².